The van der Waals surface area contributed by atoms with Crippen LogP contribution < -0.4 is 19.8 Å². The fraction of sp³-hybridized carbons (Fsp3) is 0.448. The Balaban J connectivity index is 1.35. The molecule has 2 aliphatic heterocycles. The van der Waals surface area contributed by atoms with Crippen LogP contribution in [0.15, 0.2) is 47.3 Å². The van der Waals surface area contributed by atoms with Gasteiger partial charge in [-0.3, -0.25) is 9.69 Å². The zero-order chi connectivity index (χ0) is 27.5. The Hall–Kier alpha value is -3.96. The standard InChI is InChI=1S/C29H34N6O5/c1-3-25(28-31-32-33-35(28)18-23-5-4-10-38-23)34(16-19-6-8-22(37-2)9-7-19)17-21-13-20-14-26-27(40-12-11-39-26)15-24(20)30-29(21)36/h6-9,13-15,23,25H,3-5,10-12,16-18H2,1-2H3,(H,30,36). The first-order chi connectivity index (χ1) is 19.6. The molecule has 11 nitrogen and oxygen atoms in total. The smallest absolute Gasteiger partial charge is 0.252 e. The predicted molar refractivity (Wildman–Crippen MR) is 148 cm³/mol. The number of ether oxygens (including phenoxy) is 4. The summed E-state index contributed by atoms with van der Waals surface area (Å²) in [6.45, 7) is 5.48. The molecule has 0 bridgehead atoms. The molecule has 0 aliphatic carbocycles. The fourth-order valence-corrected chi connectivity index (χ4v) is 5.53. The molecule has 6 rings (SSSR count). The lowest BCUT2D eigenvalue weighted by molar-refractivity contribution is 0.0888. The Kier molecular flexibility index (Phi) is 7.65. The predicted octanol–water partition coefficient (Wildman–Crippen LogP) is 3.63. The molecule has 2 atom stereocenters. The second kappa shape index (κ2) is 11.6. The number of rotatable bonds is 10. The number of nitrogens with one attached hydrogen (secondary N) is 1. The van der Waals surface area contributed by atoms with Gasteiger partial charge in [0.25, 0.3) is 5.56 Å². The first kappa shape index (κ1) is 26.3. The zero-order valence-corrected chi connectivity index (χ0v) is 22.8. The van der Waals surface area contributed by atoms with E-state index in [0.717, 1.165) is 48.4 Å². The molecule has 1 fully saturated rings. The van der Waals surface area contributed by atoms with Gasteiger partial charge in [-0.2, -0.15) is 0 Å². The van der Waals surface area contributed by atoms with Crippen LogP contribution in [-0.4, -0.2) is 63.1 Å². The van der Waals surface area contributed by atoms with E-state index in [2.05, 4.69) is 32.3 Å². The minimum absolute atomic E-state index is 0.107. The number of methoxy groups -OCH3 is 1. The highest BCUT2D eigenvalue weighted by Gasteiger charge is 2.28. The summed E-state index contributed by atoms with van der Waals surface area (Å²) in [7, 11) is 1.66. The Bertz CT molecular complexity index is 1510. The lowest BCUT2D eigenvalue weighted by Crippen LogP contribution is -2.33. The highest BCUT2D eigenvalue weighted by Crippen LogP contribution is 2.34. The molecule has 1 saturated heterocycles. The second-order valence-corrected chi connectivity index (χ2v) is 10.2. The maximum absolute atomic E-state index is 13.3. The van der Waals surface area contributed by atoms with Crippen LogP contribution in [0.2, 0.25) is 0 Å². The van der Waals surface area contributed by atoms with E-state index in [4.69, 9.17) is 18.9 Å². The summed E-state index contributed by atoms with van der Waals surface area (Å²) < 4.78 is 24.6. The maximum Gasteiger partial charge on any atom is 0.252 e. The zero-order valence-electron chi connectivity index (χ0n) is 22.8. The van der Waals surface area contributed by atoms with E-state index in [1.807, 2.05) is 47.1 Å². The third-order valence-corrected chi connectivity index (χ3v) is 7.59. The van der Waals surface area contributed by atoms with Gasteiger partial charge in [-0.1, -0.05) is 19.1 Å². The number of H-pyrrole nitrogens is 1. The summed E-state index contributed by atoms with van der Waals surface area (Å²) in [5.41, 5.74) is 2.31. The molecular weight excluding hydrogens is 512 g/mol. The van der Waals surface area contributed by atoms with E-state index in [1.165, 1.54) is 0 Å². The van der Waals surface area contributed by atoms with Crippen molar-refractivity contribution >= 4 is 10.9 Å². The molecule has 11 heteroatoms. The van der Waals surface area contributed by atoms with E-state index >= 15 is 0 Å². The first-order valence-corrected chi connectivity index (χ1v) is 13.8. The molecule has 4 heterocycles. The molecule has 2 aromatic carbocycles. The fourth-order valence-electron chi connectivity index (χ4n) is 5.53. The van der Waals surface area contributed by atoms with Crippen LogP contribution in [0.1, 0.15) is 49.2 Å². The van der Waals surface area contributed by atoms with Crippen molar-refractivity contribution in [3.05, 3.63) is 69.8 Å². The normalized spacial score (nSPS) is 17.4. The molecule has 0 spiro atoms. The molecule has 0 radical (unpaired) electrons. The number of hydrogen-bond acceptors (Lipinski definition) is 9. The van der Waals surface area contributed by atoms with Gasteiger partial charge in [0.2, 0.25) is 0 Å². The number of aromatic amines is 1. The third kappa shape index (κ3) is 5.52. The van der Waals surface area contributed by atoms with Crippen LogP contribution in [0.3, 0.4) is 0 Å². The van der Waals surface area contributed by atoms with Crippen molar-refractivity contribution in [1.29, 1.82) is 0 Å². The van der Waals surface area contributed by atoms with E-state index in [1.54, 1.807) is 7.11 Å². The molecule has 2 unspecified atom stereocenters. The van der Waals surface area contributed by atoms with Gasteiger partial charge in [-0.15, -0.1) is 5.10 Å². The number of pyridine rings is 1. The third-order valence-electron chi connectivity index (χ3n) is 7.59. The Labute approximate surface area is 232 Å². The SMILES string of the molecule is CCC(c1nnnn1CC1CCCO1)N(Cc1ccc(OC)cc1)Cc1cc2cc3c(cc2[nH]c1=O)OCCO3. The van der Waals surface area contributed by atoms with Crippen LogP contribution in [0.25, 0.3) is 10.9 Å². The van der Waals surface area contributed by atoms with Gasteiger partial charge < -0.3 is 23.9 Å². The van der Waals surface area contributed by atoms with Gasteiger partial charge in [0.1, 0.15) is 19.0 Å². The van der Waals surface area contributed by atoms with Gasteiger partial charge in [0, 0.05) is 36.7 Å². The van der Waals surface area contributed by atoms with E-state index < -0.39 is 0 Å². The molecule has 0 amide bonds. The molecule has 2 aliphatic rings. The minimum atomic E-state index is -0.141. The largest absolute Gasteiger partial charge is 0.497 e. The van der Waals surface area contributed by atoms with Crippen LogP contribution in [0.4, 0.5) is 0 Å². The highest BCUT2D eigenvalue weighted by atomic mass is 16.6. The van der Waals surface area contributed by atoms with E-state index in [9.17, 15) is 4.79 Å². The first-order valence-electron chi connectivity index (χ1n) is 13.8. The maximum atomic E-state index is 13.3. The Morgan fingerprint density at radius 2 is 1.90 bits per heavy atom. The number of fused-ring (bicyclic) bond motifs is 2. The van der Waals surface area contributed by atoms with Gasteiger partial charge in [0.15, 0.2) is 17.3 Å². The van der Waals surface area contributed by atoms with Crippen molar-refractivity contribution in [3.8, 4) is 17.2 Å². The number of aromatic nitrogens is 5. The monoisotopic (exact) mass is 546 g/mol. The van der Waals surface area contributed by atoms with Crippen molar-refractivity contribution < 1.29 is 18.9 Å². The van der Waals surface area contributed by atoms with Gasteiger partial charge in [-0.05, 0) is 59.5 Å². The van der Waals surface area contributed by atoms with Crippen LogP contribution in [-0.2, 0) is 24.4 Å². The highest BCUT2D eigenvalue weighted by molar-refractivity contribution is 5.83. The summed E-state index contributed by atoms with van der Waals surface area (Å²) >= 11 is 0. The molecule has 210 valence electrons. The topological polar surface area (TPSA) is 117 Å². The lowest BCUT2D eigenvalue weighted by Gasteiger charge is -2.30. The quantitative estimate of drug-likeness (QED) is 0.318. The summed E-state index contributed by atoms with van der Waals surface area (Å²) in [5.74, 6) is 2.89. The molecule has 4 aromatic rings. The summed E-state index contributed by atoms with van der Waals surface area (Å²) in [4.78, 5) is 18.6. The van der Waals surface area contributed by atoms with Crippen molar-refractivity contribution in [2.75, 3.05) is 26.9 Å². The van der Waals surface area contributed by atoms with Crippen molar-refractivity contribution in [2.45, 2.75) is 58.0 Å². The van der Waals surface area contributed by atoms with E-state index in [-0.39, 0.29) is 17.7 Å². The Morgan fingerprint density at radius 3 is 2.62 bits per heavy atom. The summed E-state index contributed by atoms with van der Waals surface area (Å²) in [5, 5.41) is 13.7. The van der Waals surface area contributed by atoms with Gasteiger partial charge in [-0.25, -0.2) is 4.68 Å². The molecule has 40 heavy (non-hydrogen) atoms. The van der Waals surface area contributed by atoms with Crippen molar-refractivity contribution in [2.24, 2.45) is 0 Å². The van der Waals surface area contributed by atoms with Crippen LogP contribution in [0, 0.1) is 0 Å². The average Bonchev–Trinajstić information content (AvgIpc) is 3.66. The molecular formula is C29H34N6O5. The summed E-state index contributed by atoms with van der Waals surface area (Å²) in [6.07, 6.45) is 2.91. The summed E-state index contributed by atoms with van der Waals surface area (Å²) in [6, 6.07) is 13.6. The average molecular weight is 547 g/mol. The number of tetrazole rings is 1. The van der Waals surface area contributed by atoms with Gasteiger partial charge in [0.05, 0.1) is 31.3 Å². The second-order valence-electron chi connectivity index (χ2n) is 10.2. The lowest BCUT2D eigenvalue weighted by atomic mass is 10.1. The van der Waals surface area contributed by atoms with Crippen LogP contribution in [0.5, 0.6) is 17.2 Å². The van der Waals surface area contributed by atoms with Crippen LogP contribution >= 0.6 is 0 Å². The minimum Gasteiger partial charge on any atom is -0.497 e. The number of hydrogen-bond donors (Lipinski definition) is 1. The molecule has 2 aromatic heterocycles. The van der Waals surface area contributed by atoms with Crippen molar-refractivity contribution in [1.82, 2.24) is 30.1 Å². The van der Waals surface area contributed by atoms with E-state index in [0.29, 0.717) is 55.4 Å². The van der Waals surface area contributed by atoms with Crippen molar-refractivity contribution in [3.63, 3.8) is 0 Å². The number of benzene rings is 2. The molecule has 1 N–H and O–H groups in total. The molecule has 0 saturated carbocycles. The number of nitrogens with zero attached hydrogens (tertiary/aromatic N) is 5. The van der Waals surface area contributed by atoms with Gasteiger partial charge >= 0.3 is 0 Å². The Morgan fingerprint density at radius 1 is 1.10 bits per heavy atom.